The van der Waals surface area contributed by atoms with Gasteiger partial charge >= 0.3 is 0 Å². The number of aromatic nitrogens is 3. The Morgan fingerprint density at radius 3 is 2.58 bits per heavy atom. The fraction of sp³-hybridized carbons (Fsp3) is 0.727. The molecule has 31 heavy (non-hydrogen) atoms. The van der Waals surface area contributed by atoms with Crippen LogP contribution in [0.1, 0.15) is 50.6 Å². The van der Waals surface area contributed by atoms with Gasteiger partial charge < -0.3 is 9.80 Å². The number of aryl methyl sites for hydroxylation is 1. The molecular weight excluding hydrogens is 412 g/mol. The van der Waals surface area contributed by atoms with Crippen LogP contribution in [0.25, 0.3) is 4.96 Å². The fourth-order valence-electron chi connectivity index (χ4n) is 5.40. The Labute approximate surface area is 186 Å². The Morgan fingerprint density at radius 2 is 1.81 bits per heavy atom. The quantitative estimate of drug-likeness (QED) is 0.722. The zero-order valence-corrected chi connectivity index (χ0v) is 19.1. The second-order valence-corrected chi connectivity index (χ2v) is 10.2. The molecule has 2 aromatic rings. The third-order valence-corrected chi connectivity index (χ3v) is 8.09. The highest BCUT2D eigenvalue weighted by molar-refractivity contribution is 7.20. The minimum atomic E-state index is -0.148. The van der Waals surface area contributed by atoms with Gasteiger partial charge in [0, 0.05) is 57.1 Å². The van der Waals surface area contributed by atoms with Crippen LogP contribution in [0.5, 0.6) is 0 Å². The van der Waals surface area contributed by atoms with Gasteiger partial charge in [0.1, 0.15) is 0 Å². The van der Waals surface area contributed by atoms with Gasteiger partial charge in [0.2, 0.25) is 16.0 Å². The van der Waals surface area contributed by atoms with Crippen LogP contribution >= 0.6 is 11.3 Å². The van der Waals surface area contributed by atoms with E-state index in [9.17, 15) is 9.59 Å². The molecule has 3 aliphatic rings. The number of piperidine rings is 1. The van der Waals surface area contributed by atoms with Gasteiger partial charge in [-0.1, -0.05) is 30.6 Å². The standard InChI is InChI=1S/C22H32N6O2S/c1-16-14-19(29)28-21(23-16)31-22(24-28)27-9-5-6-17(15-27)20(30)26-12-10-25(11-13-26)18-7-3-2-4-8-18/h14,17-18H,2-13,15H2,1H3/t17-/m0/s1. The summed E-state index contributed by atoms with van der Waals surface area (Å²) in [5.41, 5.74) is 0.560. The molecule has 2 saturated heterocycles. The predicted molar refractivity (Wildman–Crippen MR) is 122 cm³/mol. The lowest BCUT2D eigenvalue weighted by Crippen LogP contribution is -2.54. The second-order valence-electron chi connectivity index (χ2n) is 9.25. The van der Waals surface area contributed by atoms with Crippen LogP contribution in [0.15, 0.2) is 10.9 Å². The van der Waals surface area contributed by atoms with Crippen molar-refractivity contribution in [1.29, 1.82) is 0 Å². The Balaban J connectivity index is 1.22. The van der Waals surface area contributed by atoms with Crippen LogP contribution in [0, 0.1) is 12.8 Å². The predicted octanol–water partition coefficient (Wildman–Crippen LogP) is 2.15. The van der Waals surface area contributed by atoms with Gasteiger partial charge in [-0.2, -0.15) is 4.52 Å². The van der Waals surface area contributed by atoms with Crippen LogP contribution < -0.4 is 10.5 Å². The van der Waals surface area contributed by atoms with Crippen LogP contribution in [0.2, 0.25) is 0 Å². The fourth-order valence-corrected chi connectivity index (χ4v) is 6.39. The van der Waals surface area contributed by atoms with E-state index in [0.717, 1.165) is 56.7 Å². The summed E-state index contributed by atoms with van der Waals surface area (Å²) in [5, 5.41) is 5.29. The largest absolute Gasteiger partial charge is 0.346 e. The first kappa shape index (κ1) is 20.9. The third kappa shape index (κ3) is 4.35. The average Bonchev–Trinajstić information content (AvgIpc) is 3.24. The number of nitrogens with zero attached hydrogens (tertiary/aromatic N) is 6. The lowest BCUT2D eigenvalue weighted by molar-refractivity contribution is -0.138. The van der Waals surface area contributed by atoms with E-state index in [1.807, 2.05) is 6.92 Å². The van der Waals surface area contributed by atoms with Crippen molar-refractivity contribution in [2.45, 2.75) is 57.9 Å². The number of amides is 1. The molecule has 0 bridgehead atoms. The number of piperazine rings is 1. The van der Waals surface area contributed by atoms with E-state index < -0.39 is 0 Å². The first-order valence-electron chi connectivity index (χ1n) is 11.7. The third-order valence-electron chi connectivity index (χ3n) is 7.12. The molecule has 2 aromatic heterocycles. The van der Waals surface area contributed by atoms with Crippen LogP contribution in [0.4, 0.5) is 5.13 Å². The Kier molecular flexibility index (Phi) is 5.97. The molecule has 4 heterocycles. The summed E-state index contributed by atoms with van der Waals surface area (Å²) in [7, 11) is 0. The number of hydrogen-bond acceptors (Lipinski definition) is 7. The zero-order valence-electron chi connectivity index (χ0n) is 18.3. The molecule has 1 saturated carbocycles. The molecule has 1 amide bonds. The van der Waals surface area contributed by atoms with Crippen LogP contribution in [-0.2, 0) is 4.79 Å². The minimum Gasteiger partial charge on any atom is -0.346 e. The van der Waals surface area contributed by atoms with E-state index in [1.54, 1.807) is 0 Å². The molecule has 8 nitrogen and oxygen atoms in total. The van der Waals surface area contributed by atoms with Gasteiger partial charge in [0.15, 0.2) is 0 Å². The highest BCUT2D eigenvalue weighted by Crippen LogP contribution is 2.28. The molecule has 9 heteroatoms. The number of anilines is 1. The molecule has 0 radical (unpaired) electrons. The van der Waals surface area contributed by atoms with E-state index >= 15 is 0 Å². The van der Waals surface area contributed by atoms with Gasteiger partial charge in [-0.15, -0.1) is 5.10 Å². The summed E-state index contributed by atoms with van der Waals surface area (Å²) in [6.07, 6.45) is 8.64. The maximum absolute atomic E-state index is 13.3. The van der Waals surface area contributed by atoms with Crippen LogP contribution in [0.3, 0.4) is 0 Å². The number of hydrogen-bond donors (Lipinski definition) is 0. The molecule has 0 aromatic carbocycles. The highest BCUT2D eigenvalue weighted by Gasteiger charge is 2.33. The van der Waals surface area contributed by atoms with E-state index in [0.29, 0.717) is 23.1 Å². The molecular formula is C22H32N6O2S. The Bertz CT molecular complexity index is 990. The zero-order chi connectivity index (χ0) is 21.4. The van der Waals surface area contributed by atoms with E-state index in [2.05, 4.69) is 24.8 Å². The maximum Gasteiger partial charge on any atom is 0.275 e. The van der Waals surface area contributed by atoms with Crippen LogP contribution in [-0.4, -0.2) is 75.6 Å². The topological polar surface area (TPSA) is 74.1 Å². The van der Waals surface area contributed by atoms with Crippen molar-refractivity contribution >= 4 is 27.3 Å². The van der Waals surface area contributed by atoms with Crippen molar-refractivity contribution in [3.63, 3.8) is 0 Å². The molecule has 3 fully saturated rings. The highest BCUT2D eigenvalue weighted by atomic mass is 32.1. The van der Waals surface area contributed by atoms with Crippen molar-refractivity contribution in [1.82, 2.24) is 24.4 Å². The lowest BCUT2D eigenvalue weighted by atomic mass is 9.93. The van der Waals surface area contributed by atoms with Crippen molar-refractivity contribution < 1.29 is 4.79 Å². The lowest BCUT2D eigenvalue weighted by Gasteiger charge is -2.42. The molecule has 2 aliphatic heterocycles. The summed E-state index contributed by atoms with van der Waals surface area (Å²) in [6.45, 7) is 7.10. The molecule has 0 N–H and O–H groups in total. The number of rotatable bonds is 3. The van der Waals surface area contributed by atoms with Crippen molar-refractivity contribution in [3.8, 4) is 0 Å². The summed E-state index contributed by atoms with van der Waals surface area (Å²) in [6, 6.07) is 2.24. The first-order chi connectivity index (χ1) is 15.1. The Hall–Kier alpha value is -2.00. The van der Waals surface area contributed by atoms with Gasteiger partial charge in [-0.05, 0) is 32.6 Å². The number of carbonyl (C=O) groups excluding carboxylic acids is 1. The van der Waals surface area contributed by atoms with E-state index in [-0.39, 0.29) is 11.5 Å². The molecule has 1 atom stereocenters. The summed E-state index contributed by atoms with van der Waals surface area (Å²) < 4.78 is 1.38. The average molecular weight is 445 g/mol. The second kappa shape index (κ2) is 8.86. The van der Waals surface area contributed by atoms with Gasteiger partial charge in [0.05, 0.1) is 5.92 Å². The molecule has 5 rings (SSSR count). The summed E-state index contributed by atoms with van der Waals surface area (Å²) >= 11 is 1.43. The normalized spacial score (nSPS) is 24.1. The van der Waals surface area contributed by atoms with Crippen molar-refractivity contribution in [2.24, 2.45) is 5.92 Å². The number of fused-ring (bicyclic) bond motifs is 1. The minimum absolute atomic E-state index is 0.00779. The molecule has 0 spiro atoms. The first-order valence-corrected chi connectivity index (χ1v) is 12.6. The SMILES string of the molecule is Cc1cc(=O)n2nc(N3CCC[C@H](C(=O)N4CCN(C5CCCCC5)CC4)C3)sc2n1. The summed E-state index contributed by atoms with van der Waals surface area (Å²) in [5.74, 6) is 0.300. The Morgan fingerprint density at radius 1 is 1.03 bits per heavy atom. The monoisotopic (exact) mass is 444 g/mol. The molecule has 0 unspecified atom stereocenters. The van der Waals surface area contributed by atoms with E-state index in [4.69, 9.17) is 0 Å². The van der Waals surface area contributed by atoms with Gasteiger partial charge in [-0.3, -0.25) is 14.5 Å². The molecule has 1 aliphatic carbocycles. The summed E-state index contributed by atoms with van der Waals surface area (Å²) in [4.78, 5) is 37.4. The van der Waals surface area contributed by atoms with E-state index in [1.165, 1.54) is 54.0 Å². The van der Waals surface area contributed by atoms with Crippen molar-refractivity contribution in [3.05, 3.63) is 22.1 Å². The smallest absolute Gasteiger partial charge is 0.275 e. The van der Waals surface area contributed by atoms with Crippen molar-refractivity contribution in [2.75, 3.05) is 44.2 Å². The van der Waals surface area contributed by atoms with Gasteiger partial charge in [0.25, 0.3) is 5.56 Å². The molecule has 168 valence electrons. The maximum atomic E-state index is 13.3. The van der Waals surface area contributed by atoms with Gasteiger partial charge in [-0.25, -0.2) is 4.98 Å². The number of carbonyl (C=O) groups is 1.